The molecule has 0 bridgehead atoms. The third-order valence-electron chi connectivity index (χ3n) is 4.79. The van der Waals surface area contributed by atoms with Gasteiger partial charge in [-0.3, -0.25) is 29.5 Å². The van der Waals surface area contributed by atoms with Crippen molar-refractivity contribution < 1.29 is 24.0 Å². The summed E-state index contributed by atoms with van der Waals surface area (Å²) in [6.45, 7) is 2.28. The van der Waals surface area contributed by atoms with Gasteiger partial charge in [0.05, 0.1) is 15.1 Å². The van der Waals surface area contributed by atoms with Crippen LogP contribution in [0.2, 0.25) is 0 Å². The van der Waals surface area contributed by atoms with Crippen LogP contribution in [0.5, 0.6) is 11.5 Å². The van der Waals surface area contributed by atoms with E-state index in [0.717, 1.165) is 0 Å². The third-order valence-corrected chi connectivity index (χ3v) is 6.14. The van der Waals surface area contributed by atoms with Gasteiger partial charge in [0.25, 0.3) is 17.5 Å². The number of nitro groups is 1. The molecular formula is C22H20IN3O6S. The topological polar surface area (TPSA) is 102 Å². The van der Waals surface area contributed by atoms with E-state index in [1.807, 2.05) is 6.92 Å². The van der Waals surface area contributed by atoms with E-state index in [-0.39, 0.29) is 23.0 Å². The highest BCUT2D eigenvalue weighted by atomic mass is 127. The number of thiocarbonyl (C=S) groups is 1. The predicted molar refractivity (Wildman–Crippen MR) is 134 cm³/mol. The van der Waals surface area contributed by atoms with Crippen LogP contribution in [0.25, 0.3) is 6.08 Å². The maximum atomic E-state index is 12.6. The van der Waals surface area contributed by atoms with E-state index >= 15 is 0 Å². The lowest BCUT2D eigenvalue weighted by Crippen LogP contribution is -2.52. The fourth-order valence-electron chi connectivity index (χ4n) is 3.13. The number of carbonyl (C=O) groups is 2. The number of rotatable bonds is 7. The Morgan fingerprint density at radius 3 is 2.39 bits per heavy atom. The van der Waals surface area contributed by atoms with Gasteiger partial charge < -0.3 is 9.47 Å². The Kier molecular flexibility index (Phi) is 7.64. The summed E-state index contributed by atoms with van der Waals surface area (Å²) in [5, 5.41) is 11.1. The van der Waals surface area contributed by atoms with Gasteiger partial charge in [-0.25, -0.2) is 0 Å². The average molecular weight is 581 g/mol. The standard InChI is InChI=1S/C22H20IN3O6S/c1-4-31-18-11-14(9-16-20(27)24(2)22(33)25(3)21(16)28)10-17(23)19(18)32-12-13-6-5-7-15(8-13)26(29)30/h5-11H,4,12H2,1-3H3. The largest absolute Gasteiger partial charge is 0.490 e. The Balaban J connectivity index is 1.93. The van der Waals surface area contributed by atoms with Crippen molar-refractivity contribution in [3.63, 3.8) is 0 Å². The minimum Gasteiger partial charge on any atom is -0.490 e. The first-order valence-corrected chi connectivity index (χ1v) is 11.3. The minimum absolute atomic E-state index is 0.0166. The van der Waals surface area contributed by atoms with Gasteiger partial charge in [-0.2, -0.15) is 0 Å². The molecule has 9 nitrogen and oxygen atoms in total. The number of ether oxygens (including phenoxy) is 2. The lowest BCUT2D eigenvalue weighted by atomic mass is 10.1. The molecule has 0 radical (unpaired) electrons. The van der Waals surface area contributed by atoms with Crippen LogP contribution < -0.4 is 9.47 Å². The van der Waals surface area contributed by atoms with Crippen LogP contribution in [0.15, 0.2) is 42.0 Å². The second-order valence-corrected chi connectivity index (χ2v) is 8.57. The Bertz CT molecular complexity index is 1160. The third kappa shape index (κ3) is 5.30. The van der Waals surface area contributed by atoms with Crippen LogP contribution in [-0.2, 0) is 16.2 Å². The van der Waals surface area contributed by atoms with Crippen LogP contribution in [-0.4, -0.2) is 52.4 Å². The number of hydrogen-bond donors (Lipinski definition) is 0. The summed E-state index contributed by atoms with van der Waals surface area (Å²) in [4.78, 5) is 38.2. The summed E-state index contributed by atoms with van der Waals surface area (Å²) in [5.41, 5.74) is 1.18. The van der Waals surface area contributed by atoms with Gasteiger partial charge in [0.2, 0.25) is 0 Å². The summed E-state index contributed by atoms with van der Waals surface area (Å²) in [5.74, 6) is -0.0819. The first kappa shape index (κ1) is 24.6. The zero-order chi connectivity index (χ0) is 24.3. The Morgan fingerprint density at radius 1 is 1.12 bits per heavy atom. The number of nitrogens with zero attached hydrogens (tertiary/aromatic N) is 3. The number of amides is 2. The van der Waals surface area contributed by atoms with E-state index < -0.39 is 16.7 Å². The van der Waals surface area contributed by atoms with Gasteiger partial charge in [-0.1, -0.05) is 12.1 Å². The second kappa shape index (κ2) is 10.3. The molecule has 0 aliphatic carbocycles. The Labute approximate surface area is 209 Å². The lowest BCUT2D eigenvalue weighted by molar-refractivity contribution is -0.384. The second-order valence-electron chi connectivity index (χ2n) is 7.05. The highest BCUT2D eigenvalue weighted by Gasteiger charge is 2.35. The van der Waals surface area contributed by atoms with Crippen molar-refractivity contribution >= 4 is 63.5 Å². The molecular weight excluding hydrogens is 561 g/mol. The van der Waals surface area contributed by atoms with E-state index in [9.17, 15) is 19.7 Å². The van der Waals surface area contributed by atoms with Gasteiger partial charge in [0, 0.05) is 26.2 Å². The molecule has 0 aromatic heterocycles. The van der Waals surface area contributed by atoms with E-state index in [2.05, 4.69) is 22.6 Å². The van der Waals surface area contributed by atoms with Crippen molar-refractivity contribution in [3.8, 4) is 11.5 Å². The molecule has 1 saturated heterocycles. The summed E-state index contributed by atoms with van der Waals surface area (Å²) >= 11 is 7.19. The van der Waals surface area contributed by atoms with Gasteiger partial charge in [-0.15, -0.1) is 0 Å². The maximum absolute atomic E-state index is 12.6. The minimum atomic E-state index is -0.484. The van der Waals surface area contributed by atoms with Crippen molar-refractivity contribution in [1.29, 1.82) is 0 Å². The van der Waals surface area contributed by atoms with Crippen LogP contribution in [0, 0.1) is 13.7 Å². The Hall–Kier alpha value is -3.06. The highest BCUT2D eigenvalue weighted by Crippen LogP contribution is 2.36. The van der Waals surface area contributed by atoms with Crippen LogP contribution in [0.1, 0.15) is 18.1 Å². The molecule has 2 aromatic rings. The maximum Gasteiger partial charge on any atom is 0.269 e. The van der Waals surface area contributed by atoms with Crippen LogP contribution in [0.4, 0.5) is 5.69 Å². The molecule has 172 valence electrons. The highest BCUT2D eigenvalue weighted by molar-refractivity contribution is 14.1. The van der Waals surface area contributed by atoms with Gasteiger partial charge in [0.15, 0.2) is 16.6 Å². The number of likely N-dealkylation sites (N-methyl/N-ethyl adjacent to an activating group) is 2. The van der Waals surface area contributed by atoms with Crippen LogP contribution in [0.3, 0.4) is 0 Å². The van der Waals surface area contributed by atoms with Crippen molar-refractivity contribution in [2.24, 2.45) is 0 Å². The van der Waals surface area contributed by atoms with Gasteiger partial charge in [0.1, 0.15) is 12.2 Å². The quantitative estimate of drug-likeness (QED) is 0.123. The number of non-ortho nitro benzene ring substituents is 1. The predicted octanol–water partition coefficient (Wildman–Crippen LogP) is 3.78. The number of benzene rings is 2. The SMILES string of the molecule is CCOc1cc(C=C2C(=O)N(C)C(=S)N(C)C2=O)cc(I)c1OCc1cccc([N+](=O)[O-])c1. The number of halogens is 1. The van der Waals surface area contributed by atoms with E-state index in [4.69, 9.17) is 21.7 Å². The molecule has 0 unspecified atom stereocenters. The molecule has 1 heterocycles. The van der Waals surface area contributed by atoms with Crippen LogP contribution >= 0.6 is 34.8 Å². The number of hydrogen-bond acceptors (Lipinski definition) is 7. The molecule has 33 heavy (non-hydrogen) atoms. The van der Waals surface area contributed by atoms with E-state index in [1.54, 1.807) is 24.3 Å². The summed E-state index contributed by atoms with van der Waals surface area (Å²) in [7, 11) is 3.03. The summed E-state index contributed by atoms with van der Waals surface area (Å²) in [6.07, 6.45) is 1.49. The van der Waals surface area contributed by atoms with Gasteiger partial charge >= 0.3 is 0 Å². The molecule has 1 aliphatic rings. The van der Waals surface area contributed by atoms with Crippen molar-refractivity contribution in [3.05, 3.63) is 66.8 Å². The van der Waals surface area contributed by atoms with Gasteiger partial charge in [-0.05, 0) is 71.1 Å². The molecule has 1 fully saturated rings. The summed E-state index contributed by atoms with van der Waals surface area (Å²) in [6, 6.07) is 9.62. The molecule has 0 spiro atoms. The van der Waals surface area contributed by atoms with Crippen molar-refractivity contribution in [1.82, 2.24) is 9.80 Å². The van der Waals surface area contributed by atoms with E-state index in [0.29, 0.717) is 32.8 Å². The monoisotopic (exact) mass is 581 g/mol. The molecule has 0 atom stereocenters. The number of nitro benzene ring substituents is 1. The first-order chi connectivity index (χ1) is 15.6. The molecule has 0 N–H and O–H groups in total. The van der Waals surface area contributed by atoms with Crippen molar-refractivity contribution in [2.75, 3.05) is 20.7 Å². The van der Waals surface area contributed by atoms with E-state index in [1.165, 1.54) is 42.1 Å². The fraction of sp³-hybridized carbons (Fsp3) is 0.227. The normalized spacial score (nSPS) is 13.9. The zero-order valence-corrected chi connectivity index (χ0v) is 21.0. The van der Waals surface area contributed by atoms with Crippen molar-refractivity contribution in [2.45, 2.75) is 13.5 Å². The molecule has 2 amide bonds. The molecule has 2 aromatic carbocycles. The summed E-state index contributed by atoms with van der Waals surface area (Å²) < 4.78 is 12.3. The fourth-order valence-corrected chi connectivity index (χ4v) is 4.08. The molecule has 11 heteroatoms. The molecule has 0 saturated carbocycles. The number of carbonyl (C=O) groups excluding carboxylic acids is 2. The first-order valence-electron chi connectivity index (χ1n) is 9.78. The molecule has 1 aliphatic heterocycles. The Morgan fingerprint density at radius 2 is 1.79 bits per heavy atom. The molecule has 3 rings (SSSR count). The lowest BCUT2D eigenvalue weighted by Gasteiger charge is -2.31. The average Bonchev–Trinajstić information content (AvgIpc) is 2.79. The zero-order valence-electron chi connectivity index (χ0n) is 18.0. The smallest absolute Gasteiger partial charge is 0.269 e.